The standard InChI is InChI=1S/C14H14O3/c1-11(15)10-13(16)8-5-9-14(17)12-6-3-2-4-7-12/h2-7,9H,8,10H2,1H3/b9-5+. The predicted molar refractivity (Wildman–Crippen MR) is 64.8 cm³/mol. The molecule has 0 aliphatic rings. The summed E-state index contributed by atoms with van der Waals surface area (Å²) in [6.45, 7) is 1.37. The Morgan fingerprint density at radius 3 is 2.35 bits per heavy atom. The highest BCUT2D eigenvalue weighted by molar-refractivity contribution is 6.05. The highest BCUT2D eigenvalue weighted by atomic mass is 16.1. The zero-order valence-electron chi connectivity index (χ0n) is 9.68. The molecule has 0 aromatic heterocycles. The molecule has 0 saturated heterocycles. The van der Waals surface area contributed by atoms with Crippen molar-refractivity contribution in [1.82, 2.24) is 0 Å². The van der Waals surface area contributed by atoms with Gasteiger partial charge in [0.25, 0.3) is 0 Å². The molecule has 0 bridgehead atoms. The van der Waals surface area contributed by atoms with E-state index in [0.717, 1.165) is 0 Å². The number of allylic oxidation sites excluding steroid dienone is 2. The van der Waals surface area contributed by atoms with Gasteiger partial charge in [0.2, 0.25) is 0 Å². The molecule has 0 N–H and O–H groups in total. The van der Waals surface area contributed by atoms with Gasteiger partial charge in [-0.25, -0.2) is 0 Å². The number of carbonyl (C=O) groups is 3. The zero-order chi connectivity index (χ0) is 12.7. The van der Waals surface area contributed by atoms with Crippen molar-refractivity contribution in [1.29, 1.82) is 0 Å². The lowest BCUT2D eigenvalue weighted by Gasteiger charge is -1.94. The van der Waals surface area contributed by atoms with Crippen molar-refractivity contribution in [3.05, 3.63) is 48.0 Å². The average Bonchev–Trinajstić information content (AvgIpc) is 2.29. The minimum absolute atomic E-state index is 0.0656. The summed E-state index contributed by atoms with van der Waals surface area (Å²) in [6.07, 6.45) is 2.93. The molecule has 3 nitrogen and oxygen atoms in total. The molecule has 0 atom stereocenters. The Bertz CT molecular complexity index is 444. The van der Waals surface area contributed by atoms with Crippen LogP contribution in [0.5, 0.6) is 0 Å². The van der Waals surface area contributed by atoms with Gasteiger partial charge in [-0.2, -0.15) is 0 Å². The summed E-state index contributed by atoms with van der Waals surface area (Å²) in [5.74, 6) is -0.464. The molecule has 1 aromatic rings. The van der Waals surface area contributed by atoms with Crippen LogP contribution in [-0.4, -0.2) is 17.3 Å². The highest BCUT2D eigenvalue weighted by Crippen LogP contribution is 2.01. The van der Waals surface area contributed by atoms with Crippen molar-refractivity contribution in [3.63, 3.8) is 0 Å². The summed E-state index contributed by atoms with van der Waals surface area (Å²) < 4.78 is 0. The number of rotatable bonds is 6. The minimum atomic E-state index is -0.172. The molecule has 1 aromatic carbocycles. The van der Waals surface area contributed by atoms with Gasteiger partial charge < -0.3 is 0 Å². The van der Waals surface area contributed by atoms with Crippen LogP contribution >= 0.6 is 0 Å². The number of Topliss-reactive ketones (excluding diaryl/α,β-unsaturated/α-hetero) is 2. The minimum Gasteiger partial charge on any atom is -0.300 e. The molecule has 17 heavy (non-hydrogen) atoms. The van der Waals surface area contributed by atoms with Gasteiger partial charge in [-0.3, -0.25) is 14.4 Å². The number of hydrogen-bond donors (Lipinski definition) is 0. The first kappa shape index (κ1) is 13.0. The summed E-state index contributed by atoms with van der Waals surface area (Å²) in [6, 6.07) is 8.81. The lowest BCUT2D eigenvalue weighted by Crippen LogP contribution is -2.02. The van der Waals surface area contributed by atoms with Gasteiger partial charge in [0.05, 0.1) is 6.42 Å². The van der Waals surface area contributed by atoms with E-state index in [1.807, 2.05) is 6.07 Å². The van der Waals surface area contributed by atoms with Crippen LogP contribution in [-0.2, 0) is 9.59 Å². The molecule has 0 amide bonds. The molecule has 0 aliphatic carbocycles. The predicted octanol–water partition coefficient (Wildman–Crippen LogP) is 2.36. The number of benzene rings is 1. The van der Waals surface area contributed by atoms with Gasteiger partial charge in [-0.1, -0.05) is 36.4 Å². The van der Waals surface area contributed by atoms with Crippen molar-refractivity contribution in [3.8, 4) is 0 Å². The van der Waals surface area contributed by atoms with Crippen molar-refractivity contribution >= 4 is 17.3 Å². The van der Waals surface area contributed by atoms with Crippen molar-refractivity contribution < 1.29 is 14.4 Å². The maximum absolute atomic E-state index is 11.6. The molecule has 1 rings (SSSR count). The molecule has 0 saturated carbocycles. The second-order valence-corrected chi connectivity index (χ2v) is 3.75. The Morgan fingerprint density at radius 2 is 1.76 bits per heavy atom. The Morgan fingerprint density at radius 1 is 1.12 bits per heavy atom. The Kier molecular flexibility index (Phi) is 5.01. The molecule has 0 fully saturated rings. The van der Waals surface area contributed by atoms with E-state index < -0.39 is 0 Å². The third-order valence-corrected chi connectivity index (χ3v) is 2.12. The van der Waals surface area contributed by atoms with Crippen molar-refractivity contribution in [2.75, 3.05) is 0 Å². The number of hydrogen-bond acceptors (Lipinski definition) is 3. The molecular weight excluding hydrogens is 216 g/mol. The molecule has 0 aliphatic heterocycles. The van der Waals surface area contributed by atoms with E-state index in [4.69, 9.17) is 0 Å². The van der Waals surface area contributed by atoms with Crippen LogP contribution in [0.3, 0.4) is 0 Å². The molecule has 3 heteroatoms. The van der Waals surface area contributed by atoms with E-state index in [0.29, 0.717) is 5.56 Å². The maximum atomic E-state index is 11.6. The van der Waals surface area contributed by atoms with E-state index >= 15 is 0 Å². The SMILES string of the molecule is CC(=O)CC(=O)C/C=C/C(=O)c1ccccc1. The van der Waals surface area contributed by atoms with Crippen LogP contribution in [0, 0.1) is 0 Å². The third-order valence-electron chi connectivity index (χ3n) is 2.12. The lowest BCUT2D eigenvalue weighted by atomic mass is 10.1. The monoisotopic (exact) mass is 230 g/mol. The van der Waals surface area contributed by atoms with Crippen LogP contribution in [0.4, 0.5) is 0 Å². The fourth-order valence-electron chi connectivity index (χ4n) is 1.35. The summed E-state index contributed by atoms with van der Waals surface area (Å²) in [5, 5.41) is 0. The number of ketones is 3. The Balaban J connectivity index is 2.47. The largest absolute Gasteiger partial charge is 0.300 e. The van der Waals surface area contributed by atoms with Crippen LogP contribution < -0.4 is 0 Å². The van der Waals surface area contributed by atoms with E-state index in [9.17, 15) is 14.4 Å². The quantitative estimate of drug-likeness (QED) is 0.428. The highest BCUT2D eigenvalue weighted by Gasteiger charge is 2.03. The third kappa shape index (κ3) is 5.02. The van der Waals surface area contributed by atoms with Crippen LogP contribution in [0.1, 0.15) is 30.1 Å². The van der Waals surface area contributed by atoms with Gasteiger partial charge in [0.15, 0.2) is 5.78 Å². The molecule has 88 valence electrons. The maximum Gasteiger partial charge on any atom is 0.185 e. The Labute approximate surface area is 100 Å². The van der Waals surface area contributed by atoms with Gasteiger partial charge in [-0.05, 0) is 13.0 Å². The molecule has 0 unspecified atom stereocenters. The molecule has 0 heterocycles. The van der Waals surface area contributed by atoms with Crippen LogP contribution in [0.2, 0.25) is 0 Å². The normalized spacial score (nSPS) is 10.4. The first-order valence-corrected chi connectivity index (χ1v) is 5.36. The molecule has 0 spiro atoms. The van der Waals surface area contributed by atoms with E-state index in [2.05, 4.69) is 0 Å². The van der Waals surface area contributed by atoms with Gasteiger partial charge >= 0.3 is 0 Å². The molecular formula is C14H14O3. The zero-order valence-corrected chi connectivity index (χ0v) is 9.68. The van der Waals surface area contributed by atoms with Crippen LogP contribution in [0.25, 0.3) is 0 Å². The van der Waals surface area contributed by atoms with E-state index in [1.54, 1.807) is 24.3 Å². The van der Waals surface area contributed by atoms with Crippen molar-refractivity contribution in [2.45, 2.75) is 19.8 Å². The van der Waals surface area contributed by atoms with Gasteiger partial charge in [0, 0.05) is 12.0 Å². The summed E-state index contributed by atoms with van der Waals surface area (Å²) in [5.41, 5.74) is 0.586. The lowest BCUT2D eigenvalue weighted by molar-refractivity contribution is -0.125. The van der Waals surface area contributed by atoms with Crippen LogP contribution in [0.15, 0.2) is 42.5 Å². The summed E-state index contributed by atoms with van der Waals surface area (Å²) in [7, 11) is 0. The second-order valence-electron chi connectivity index (χ2n) is 3.75. The topological polar surface area (TPSA) is 51.2 Å². The van der Waals surface area contributed by atoms with E-state index in [-0.39, 0.29) is 30.2 Å². The second kappa shape index (κ2) is 6.53. The fraction of sp³-hybridized carbons (Fsp3) is 0.214. The van der Waals surface area contributed by atoms with Gasteiger partial charge in [-0.15, -0.1) is 0 Å². The number of carbonyl (C=O) groups excluding carboxylic acids is 3. The average molecular weight is 230 g/mol. The smallest absolute Gasteiger partial charge is 0.185 e. The first-order chi connectivity index (χ1) is 8.09. The van der Waals surface area contributed by atoms with Gasteiger partial charge in [0.1, 0.15) is 11.6 Å². The fourth-order valence-corrected chi connectivity index (χ4v) is 1.35. The van der Waals surface area contributed by atoms with E-state index in [1.165, 1.54) is 19.1 Å². The van der Waals surface area contributed by atoms with Crippen molar-refractivity contribution in [2.24, 2.45) is 0 Å². The first-order valence-electron chi connectivity index (χ1n) is 5.36. The summed E-state index contributed by atoms with van der Waals surface area (Å²) >= 11 is 0. The Hall–Kier alpha value is -2.03. The molecule has 0 radical (unpaired) electrons. The summed E-state index contributed by atoms with van der Waals surface area (Å²) in [4.78, 5) is 33.4.